The Labute approximate surface area is 135 Å². The van der Waals surface area contributed by atoms with E-state index in [1.807, 2.05) is 13.8 Å². The third kappa shape index (κ3) is 4.24. The van der Waals surface area contributed by atoms with Crippen molar-refractivity contribution < 1.29 is 18.0 Å². The molecule has 0 aliphatic heterocycles. The zero-order valence-corrected chi connectivity index (χ0v) is 14.1. The highest BCUT2D eigenvalue weighted by atomic mass is 35.5. The summed E-state index contributed by atoms with van der Waals surface area (Å²) in [5, 5.41) is 0.0506. The van der Waals surface area contributed by atoms with Crippen molar-refractivity contribution in [2.24, 2.45) is 0 Å². The zero-order valence-electron chi connectivity index (χ0n) is 12.5. The maximum atomic E-state index is 12.7. The first-order chi connectivity index (χ1) is 10.4. The van der Waals surface area contributed by atoms with E-state index in [-0.39, 0.29) is 15.5 Å². The SMILES string of the molecule is CCCN(CCC)S(=O)(=O)c1cc(C(=O)C=[N+]=[N-])ccc1Cl. The van der Waals surface area contributed by atoms with Gasteiger partial charge in [-0.05, 0) is 31.0 Å². The fourth-order valence-corrected chi connectivity index (χ4v) is 4.10. The van der Waals surface area contributed by atoms with Gasteiger partial charge in [-0.15, -0.1) is 0 Å². The summed E-state index contributed by atoms with van der Waals surface area (Å²) in [7, 11) is -3.78. The third-order valence-electron chi connectivity index (χ3n) is 2.95. The summed E-state index contributed by atoms with van der Waals surface area (Å²) in [5.41, 5.74) is 8.50. The maximum absolute atomic E-state index is 12.7. The van der Waals surface area contributed by atoms with Crippen LogP contribution in [-0.2, 0) is 10.0 Å². The summed E-state index contributed by atoms with van der Waals surface area (Å²) >= 11 is 6.01. The van der Waals surface area contributed by atoms with Crippen LogP contribution in [0.2, 0.25) is 5.02 Å². The fourth-order valence-electron chi connectivity index (χ4n) is 1.97. The smallest absolute Gasteiger partial charge is 0.328 e. The van der Waals surface area contributed by atoms with Crippen LogP contribution in [0.5, 0.6) is 0 Å². The minimum atomic E-state index is -3.78. The number of sulfonamides is 1. The van der Waals surface area contributed by atoms with Crippen LogP contribution in [0.25, 0.3) is 5.53 Å². The maximum Gasteiger partial charge on any atom is 0.328 e. The van der Waals surface area contributed by atoms with Gasteiger partial charge in [-0.25, -0.2) is 8.42 Å². The van der Waals surface area contributed by atoms with Gasteiger partial charge in [0, 0.05) is 18.7 Å². The number of carbonyl (C=O) groups is 1. The van der Waals surface area contributed by atoms with Crippen molar-refractivity contribution >= 4 is 33.6 Å². The predicted molar refractivity (Wildman–Crippen MR) is 84.8 cm³/mol. The summed E-state index contributed by atoms with van der Waals surface area (Å²) in [4.78, 5) is 14.2. The molecule has 0 saturated carbocycles. The van der Waals surface area contributed by atoms with Gasteiger partial charge in [0.2, 0.25) is 10.0 Å². The molecule has 0 unspecified atom stereocenters. The van der Waals surface area contributed by atoms with E-state index in [0.717, 1.165) is 0 Å². The second kappa shape index (κ2) is 8.19. The first-order valence-electron chi connectivity index (χ1n) is 6.89. The highest BCUT2D eigenvalue weighted by Gasteiger charge is 2.26. The van der Waals surface area contributed by atoms with Crippen LogP contribution >= 0.6 is 11.6 Å². The normalized spacial score (nSPS) is 11.3. The Morgan fingerprint density at radius 1 is 1.32 bits per heavy atom. The molecule has 0 N–H and O–H groups in total. The molecule has 0 aliphatic rings. The summed E-state index contributed by atoms with van der Waals surface area (Å²) in [6, 6.07) is 3.94. The fraction of sp³-hybridized carbons (Fsp3) is 0.429. The van der Waals surface area contributed by atoms with E-state index in [1.165, 1.54) is 22.5 Å². The molecule has 0 fully saturated rings. The Kier molecular flexibility index (Phi) is 6.90. The number of rotatable bonds is 8. The summed E-state index contributed by atoms with van der Waals surface area (Å²) < 4.78 is 26.8. The average molecular weight is 344 g/mol. The van der Waals surface area contributed by atoms with Gasteiger partial charge < -0.3 is 5.53 Å². The molecule has 0 radical (unpaired) electrons. The topological polar surface area (TPSA) is 90.9 Å². The molecule has 22 heavy (non-hydrogen) atoms. The number of hydrogen-bond acceptors (Lipinski definition) is 3. The molecular formula is C14H18ClN3O3S. The Morgan fingerprint density at radius 3 is 2.41 bits per heavy atom. The first-order valence-corrected chi connectivity index (χ1v) is 8.71. The van der Waals surface area contributed by atoms with E-state index in [9.17, 15) is 13.2 Å². The van der Waals surface area contributed by atoms with Gasteiger partial charge in [-0.3, -0.25) is 4.79 Å². The van der Waals surface area contributed by atoms with E-state index in [2.05, 4.69) is 4.79 Å². The number of nitrogens with zero attached hydrogens (tertiary/aromatic N) is 3. The molecule has 0 bridgehead atoms. The second-order valence-electron chi connectivity index (χ2n) is 4.66. The van der Waals surface area contributed by atoms with E-state index in [0.29, 0.717) is 32.1 Å². The number of Topliss-reactive ketones (excluding diaryl/α,β-unsaturated/α-hetero) is 1. The minimum Gasteiger partial charge on any atom is -0.361 e. The Morgan fingerprint density at radius 2 is 1.91 bits per heavy atom. The molecule has 6 nitrogen and oxygen atoms in total. The van der Waals surface area contributed by atoms with Crippen LogP contribution in [0.1, 0.15) is 37.0 Å². The van der Waals surface area contributed by atoms with Crippen molar-refractivity contribution in [3.8, 4) is 0 Å². The molecule has 0 heterocycles. The van der Waals surface area contributed by atoms with Crippen LogP contribution in [0.15, 0.2) is 23.1 Å². The van der Waals surface area contributed by atoms with Crippen molar-refractivity contribution in [3.05, 3.63) is 34.3 Å². The molecule has 0 saturated heterocycles. The van der Waals surface area contributed by atoms with Gasteiger partial charge in [-0.2, -0.15) is 9.10 Å². The van der Waals surface area contributed by atoms with Crippen LogP contribution in [0, 0.1) is 0 Å². The number of halogens is 1. The van der Waals surface area contributed by atoms with Gasteiger partial charge in [0.25, 0.3) is 5.78 Å². The van der Waals surface area contributed by atoms with Gasteiger partial charge in [0.1, 0.15) is 4.90 Å². The van der Waals surface area contributed by atoms with Crippen LogP contribution in [-0.4, -0.2) is 42.6 Å². The highest BCUT2D eigenvalue weighted by molar-refractivity contribution is 7.89. The van der Waals surface area contributed by atoms with Crippen molar-refractivity contribution in [1.82, 2.24) is 4.31 Å². The molecule has 0 aromatic heterocycles. The lowest BCUT2D eigenvalue weighted by Gasteiger charge is -2.21. The lowest BCUT2D eigenvalue weighted by atomic mass is 10.1. The Hall–Kier alpha value is -1.53. The lowest BCUT2D eigenvalue weighted by Crippen LogP contribution is -2.32. The van der Waals surface area contributed by atoms with Gasteiger partial charge in [0.15, 0.2) is 0 Å². The molecule has 0 spiro atoms. The summed E-state index contributed by atoms with van der Waals surface area (Å²) in [6.07, 6.45) is 2.05. The number of carbonyl (C=O) groups excluding carboxylic acids is 1. The molecule has 0 aliphatic carbocycles. The highest BCUT2D eigenvalue weighted by Crippen LogP contribution is 2.26. The zero-order chi connectivity index (χ0) is 16.8. The van der Waals surface area contributed by atoms with Crippen molar-refractivity contribution in [3.63, 3.8) is 0 Å². The van der Waals surface area contributed by atoms with Crippen LogP contribution in [0.4, 0.5) is 0 Å². The summed E-state index contributed by atoms with van der Waals surface area (Å²) in [6.45, 7) is 4.53. The second-order valence-corrected chi connectivity index (χ2v) is 6.97. The average Bonchev–Trinajstić information content (AvgIpc) is 2.47. The van der Waals surface area contributed by atoms with Crippen molar-refractivity contribution in [1.29, 1.82) is 0 Å². The minimum absolute atomic E-state index is 0.0506. The number of benzene rings is 1. The van der Waals surface area contributed by atoms with Crippen molar-refractivity contribution in [2.45, 2.75) is 31.6 Å². The molecule has 8 heteroatoms. The Balaban J connectivity index is 3.36. The molecule has 0 amide bonds. The lowest BCUT2D eigenvalue weighted by molar-refractivity contribution is 0.00234. The largest absolute Gasteiger partial charge is 0.361 e. The van der Waals surface area contributed by atoms with Gasteiger partial charge in [-0.1, -0.05) is 25.4 Å². The standard InChI is InChI=1S/C14H18ClN3O3S/c1-3-7-18(8-4-2)22(20,21)14-9-11(5-6-12(14)15)13(19)10-17-16/h5-6,9-10H,3-4,7-8H2,1-2H3. The third-order valence-corrected chi connectivity index (χ3v) is 5.33. The molecule has 1 rings (SSSR count). The molecule has 1 aromatic rings. The Bertz CT molecular complexity index is 691. The van der Waals surface area contributed by atoms with E-state index in [1.54, 1.807) is 0 Å². The van der Waals surface area contributed by atoms with Crippen LogP contribution < -0.4 is 0 Å². The molecular weight excluding hydrogens is 326 g/mol. The van der Waals surface area contributed by atoms with Crippen LogP contribution in [0.3, 0.4) is 0 Å². The molecule has 1 aromatic carbocycles. The van der Waals surface area contributed by atoms with E-state index < -0.39 is 15.8 Å². The molecule has 120 valence electrons. The monoisotopic (exact) mass is 343 g/mol. The molecule has 0 atom stereocenters. The number of hydrogen-bond donors (Lipinski definition) is 0. The van der Waals surface area contributed by atoms with E-state index >= 15 is 0 Å². The quantitative estimate of drug-likeness (QED) is 0.314. The van der Waals surface area contributed by atoms with Gasteiger partial charge >= 0.3 is 6.21 Å². The first kappa shape index (κ1) is 18.5. The van der Waals surface area contributed by atoms with E-state index in [4.69, 9.17) is 17.1 Å². The van der Waals surface area contributed by atoms with Crippen molar-refractivity contribution in [2.75, 3.05) is 13.1 Å². The predicted octanol–water partition coefficient (Wildman–Crippen LogP) is 2.63. The summed E-state index contributed by atoms with van der Waals surface area (Å²) in [5.74, 6) is -0.604. The van der Waals surface area contributed by atoms with Gasteiger partial charge in [0.05, 0.1) is 5.02 Å². The number of ketones is 1.